The molecule has 22 heavy (non-hydrogen) atoms. The van der Waals surface area contributed by atoms with Crippen LogP contribution in [0.2, 0.25) is 0 Å². The molecule has 1 N–H and O–H groups in total. The molecule has 0 unspecified atom stereocenters. The second kappa shape index (κ2) is 5.48. The minimum atomic E-state index is -1.03. The maximum Gasteiger partial charge on any atom is 0.356 e. The SMILES string of the molecule is Cc1ccc(-c2cc(C(=O)O)nn2-c2ccccc2C)cc1. The largest absolute Gasteiger partial charge is 0.476 e. The standard InChI is InChI=1S/C18H16N2O2/c1-12-7-9-14(10-8-12)17-11-15(18(21)22)19-20(17)16-6-4-3-5-13(16)2/h3-11H,1-2H3,(H,21,22). The average molecular weight is 292 g/mol. The van der Waals surface area contributed by atoms with Gasteiger partial charge in [-0.25, -0.2) is 9.48 Å². The number of carboxylic acids is 1. The molecule has 0 bridgehead atoms. The lowest BCUT2D eigenvalue weighted by molar-refractivity contribution is 0.0690. The Balaban J connectivity index is 2.23. The van der Waals surface area contributed by atoms with Gasteiger partial charge in [0.05, 0.1) is 11.4 Å². The van der Waals surface area contributed by atoms with Crippen molar-refractivity contribution >= 4 is 5.97 Å². The minimum absolute atomic E-state index is 0.0406. The molecule has 3 aromatic rings. The number of benzene rings is 2. The Morgan fingerprint density at radius 1 is 1.05 bits per heavy atom. The van der Waals surface area contributed by atoms with Crippen LogP contribution in [-0.2, 0) is 0 Å². The normalized spacial score (nSPS) is 10.6. The van der Waals surface area contributed by atoms with Gasteiger partial charge in [0.15, 0.2) is 5.69 Å². The van der Waals surface area contributed by atoms with Crippen molar-refractivity contribution in [3.8, 4) is 16.9 Å². The Kier molecular flexibility index (Phi) is 3.51. The van der Waals surface area contributed by atoms with Crippen LogP contribution in [0.3, 0.4) is 0 Å². The van der Waals surface area contributed by atoms with Gasteiger partial charge in [0.1, 0.15) is 0 Å². The quantitative estimate of drug-likeness (QED) is 0.797. The summed E-state index contributed by atoms with van der Waals surface area (Å²) in [5.41, 5.74) is 4.82. The van der Waals surface area contributed by atoms with Crippen molar-refractivity contribution in [3.05, 3.63) is 71.4 Å². The van der Waals surface area contributed by atoms with E-state index in [0.29, 0.717) is 0 Å². The summed E-state index contributed by atoms with van der Waals surface area (Å²) < 4.78 is 1.70. The van der Waals surface area contributed by atoms with Gasteiger partial charge in [-0.2, -0.15) is 5.10 Å². The Morgan fingerprint density at radius 3 is 2.36 bits per heavy atom. The highest BCUT2D eigenvalue weighted by Gasteiger charge is 2.16. The molecule has 4 heteroatoms. The molecule has 0 radical (unpaired) electrons. The molecule has 0 saturated heterocycles. The lowest BCUT2D eigenvalue weighted by Gasteiger charge is -2.10. The smallest absolute Gasteiger partial charge is 0.356 e. The predicted molar refractivity (Wildman–Crippen MR) is 85.4 cm³/mol. The number of aryl methyl sites for hydroxylation is 2. The minimum Gasteiger partial charge on any atom is -0.476 e. The average Bonchev–Trinajstić information content (AvgIpc) is 2.94. The molecular weight excluding hydrogens is 276 g/mol. The van der Waals surface area contributed by atoms with E-state index in [0.717, 1.165) is 28.1 Å². The van der Waals surface area contributed by atoms with Crippen LogP contribution in [-0.4, -0.2) is 20.9 Å². The molecule has 0 fully saturated rings. The van der Waals surface area contributed by atoms with Gasteiger partial charge in [-0.15, -0.1) is 0 Å². The Labute approximate surface area is 128 Å². The van der Waals surface area contributed by atoms with Crippen LogP contribution >= 0.6 is 0 Å². The molecule has 2 aromatic carbocycles. The zero-order valence-electron chi connectivity index (χ0n) is 12.4. The summed E-state index contributed by atoms with van der Waals surface area (Å²) in [5.74, 6) is -1.03. The van der Waals surface area contributed by atoms with Crippen molar-refractivity contribution in [3.63, 3.8) is 0 Å². The summed E-state index contributed by atoms with van der Waals surface area (Å²) in [6.45, 7) is 4.00. The molecule has 4 nitrogen and oxygen atoms in total. The molecule has 3 rings (SSSR count). The van der Waals surface area contributed by atoms with Crippen LogP contribution in [0.5, 0.6) is 0 Å². The molecule has 110 valence electrons. The fraction of sp³-hybridized carbons (Fsp3) is 0.111. The van der Waals surface area contributed by atoms with Crippen molar-refractivity contribution in [2.75, 3.05) is 0 Å². The Hall–Kier alpha value is -2.88. The van der Waals surface area contributed by atoms with Crippen molar-refractivity contribution in [2.24, 2.45) is 0 Å². The van der Waals surface area contributed by atoms with Crippen LogP contribution < -0.4 is 0 Å². The first-order valence-corrected chi connectivity index (χ1v) is 7.02. The van der Waals surface area contributed by atoms with E-state index in [9.17, 15) is 9.90 Å². The maximum atomic E-state index is 11.3. The number of nitrogens with zero attached hydrogens (tertiary/aromatic N) is 2. The van der Waals surface area contributed by atoms with Crippen molar-refractivity contribution in [1.29, 1.82) is 0 Å². The highest BCUT2D eigenvalue weighted by molar-refractivity contribution is 5.87. The maximum absolute atomic E-state index is 11.3. The third-order valence-electron chi connectivity index (χ3n) is 3.62. The number of carboxylic acid groups (broad SMARTS) is 1. The molecule has 1 aromatic heterocycles. The number of hydrogen-bond donors (Lipinski definition) is 1. The van der Waals surface area contributed by atoms with Crippen molar-refractivity contribution in [2.45, 2.75) is 13.8 Å². The monoisotopic (exact) mass is 292 g/mol. The van der Waals surface area contributed by atoms with E-state index in [-0.39, 0.29) is 5.69 Å². The van der Waals surface area contributed by atoms with Crippen LogP contribution in [0, 0.1) is 13.8 Å². The molecular formula is C18H16N2O2. The topological polar surface area (TPSA) is 55.1 Å². The third kappa shape index (κ3) is 2.51. The summed E-state index contributed by atoms with van der Waals surface area (Å²) in [6.07, 6.45) is 0. The fourth-order valence-corrected chi connectivity index (χ4v) is 2.40. The lowest BCUT2D eigenvalue weighted by Crippen LogP contribution is -2.03. The van der Waals surface area contributed by atoms with Crippen LogP contribution in [0.25, 0.3) is 16.9 Å². The first kappa shape index (κ1) is 14.1. The van der Waals surface area contributed by atoms with E-state index in [2.05, 4.69) is 5.10 Å². The van der Waals surface area contributed by atoms with Crippen LogP contribution in [0.15, 0.2) is 54.6 Å². The zero-order chi connectivity index (χ0) is 15.7. The van der Waals surface area contributed by atoms with Gasteiger partial charge in [-0.1, -0.05) is 48.0 Å². The van der Waals surface area contributed by atoms with Gasteiger partial charge < -0.3 is 5.11 Å². The summed E-state index contributed by atoms with van der Waals surface area (Å²) >= 11 is 0. The summed E-state index contributed by atoms with van der Waals surface area (Å²) in [7, 11) is 0. The van der Waals surface area contributed by atoms with Gasteiger partial charge in [0, 0.05) is 5.56 Å². The molecule has 0 spiro atoms. The van der Waals surface area contributed by atoms with Gasteiger partial charge in [0.25, 0.3) is 0 Å². The highest BCUT2D eigenvalue weighted by Crippen LogP contribution is 2.26. The highest BCUT2D eigenvalue weighted by atomic mass is 16.4. The van der Waals surface area contributed by atoms with E-state index >= 15 is 0 Å². The van der Waals surface area contributed by atoms with Gasteiger partial charge in [0.2, 0.25) is 0 Å². The van der Waals surface area contributed by atoms with E-state index in [1.54, 1.807) is 10.7 Å². The lowest BCUT2D eigenvalue weighted by atomic mass is 10.1. The number of rotatable bonds is 3. The molecule has 0 aliphatic carbocycles. The predicted octanol–water partition coefficient (Wildman–Crippen LogP) is 3.85. The van der Waals surface area contributed by atoms with Gasteiger partial charge in [-0.3, -0.25) is 0 Å². The molecule has 0 aliphatic rings. The number of para-hydroxylation sites is 1. The van der Waals surface area contributed by atoms with E-state index in [1.807, 2.05) is 62.4 Å². The second-order valence-electron chi connectivity index (χ2n) is 5.28. The Morgan fingerprint density at radius 2 is 1.73 bits per heavy atom. The van der Waals surface area contributed by atoms with E-state index < -0.39 is 5.97 Å². The number of carbonyl (C=O) groups is 1. The molecule has 0 amide bonds. The second-order valence-corrected chi connectivity index (χ2v) is 5.28. The first-order valence-electron chi connectivity index (χ1n) is 7.02. The molecule has 0 aliphatic heterocycles. The third-order valence-corrected chi connectivity index (χ3v) is 3.62. The van der Waals surface area contributed by atoms with Gasteiger partial charge in [-0.05, 0) is 31.5 Å². The van der Waals surface area contributed by atoms with Crippen molar-refractivity contribution in [1.82, 2.24) is 9.78 Å². The number of aromatic carboxylic acids is 1. The Bertz CT molecular complexity index is 833. The van der Waals surface area contributed by atoms with Crippen LogP contribution in [0.4, 0.5) is 0 Å². The van der Waals surface area contributed by atoms with Crippen molar-refractivity contribution < 1.29 is 9.90 Å². The summed E-state index contributed by atoms with van der Waals surface area (Å²) in [4.78, 5) is 11.3. The molecule has 0 atom stereocenters. The van der Waals surface area contributed by atoms with Gasteiger partial charge >= 0.3 is 5.97 Å². The number of hydrogen-bond acceptors (Lipinski definition) is 2. The molecule has 1 heterocycles. The van der Waals surface area contributed by atoms with Crippen LogP contribution in [0.1, 0.15) is 21.6 Å². The summed E-state index contributed by atoms with van der Waals surface area (Å²) in [5, 5.41) is 13.5. The summed E-state index contributed by atoms with van der Waals surface area (Å²) in [6, 6.07) is 17.4. The molecule has 0 saturated carbocycles. The zero-order valence-corrected chi connectivity index (χ0v) is 12.4. The van der Waals surface area contributed by atoms with E-state index in [1.165, 1.54) is 0 Å². The van der Waals surface area contributed by atoms with E-state index in [4.69, 9.17) is 0 Å². The number of aromatic nitrogens is 2. The first-order chi connectivity index (χ1) is 10.6. The fourth-order valence-electron chi connectivity index (χ4n) is 2.40.